The molecule has 1 N–H and O–H groups in total. The van der Waals surface area contributed by atoms with E-state index >= 15 is 0 Å². The van der Waals surface area contributed by atoms with Crippen molar-refractivity contribution in [2.45, 2.75) is 97.8 Å². The van der Waals surface area contributed by atoms with Gasteiger partial charge in [-0.3, -0.25) is 14.5 Å². The summed E-state index contributed by atoms with van der Waals surface area (Å²) in [7, 11) is 0. The Kier molecular flexibility index (Phi) is 11.7. The molecule has 1 aromatic carbocycles. The van der Waals surface area contributed by atoms with Crippen molar-refractivity contribution < 1.29 is 19.1 Å². The van der Waals surface area contributed by atoms with Crippen molar-refractivity contribution in [2.75, 3.05) is 26.2 Å². The summed E-state index contributed by atoms with van der Waals surface area (Å²) in [5, 5.41) is 3.30. The lowest BCUT2D eigenvalue weighted by molar-refractivity contribution is -0.157. The largest absolute Gasteiger partial charge is 0.460 e. The Morgan fingerprint density at radius 3 is 2.00 bits per heavy atom. The molecular formula is C29H48N2O4. The summed E-state index contributed by atoms with van der Waals surface area (Å²) in [5.74, 6) is 0.774. The van der Waals surface area contributed by atoms with E-state index in [1.54, 1.807) is 0 Å². The molecule has 2 heterocycles. The molecule has 2 aliphatic heterocycles. The van der Waals surface area contributed by atoms with Gasteiger partial charge in [0.15, 0.2) is 0 Å². The van der Waals surface area contributed by atoms with Gasteiger partial charge in [-0.25, -0.2) is 0 Å². The molecular weight excluding hydrogens is 440 g/mol. The fourth-order valence-electron chi connectivity index (χ4n) is 4.64. The van der Waals surface area contributed by atoms with Gasteiger partial charge in [0.25, 0.3) is 0 Å². The van der Waals surface area contributed by atoms with Crippen LogP contribution >= 0.6 is 0 Å². The maximum absolute atomic E-state index is 12.0. The lowest BCUT2D eigenvalue weighted by Gasteiger charge is -2.32. The molecule has 6 nitrogen and oxygen atoms in total. The molecule has 0 aliphatic carbocycles. The predicted octanol–water partition coefficient (Wildman–Crippen LogP) is 5.35. The fraction of sp³-hybridized carbons (Fsp3) is 0.724. The number of piperidine rings is 2. The fourth-order valence-corrected chi connectivity index (χ4v) is 4.64. The minimum Gasteiger partial charge on any atom is -0.460 e. The summed E-state index contributed by atoms with van der Waals surface area (Å²) < 4.78 is 10.7. The zero-order valence-corrected chi connectivity index (χ0v) is 22.9. The minimum atomic E-state index is -0.379. The van der Waals surface area contributed by atoms with Crippen molar-refractivity contribution >= 4 is 11.9 Å². The molecule has 2 aliphatic rings. The molecule has 0 radical (unpaired) electrons. The first-order valence-corrected chi connectivity index (χ1v) is 13.3. The smallest absolute Gasteiger partial charge is 0.306 e. The Morgan fingerprint density at radius 2 is 1.46 bits per heavy atom. The highest BCUT2D eigenvalue weighted by Crippen LogP contribution is 2.23. The van der Waals surface area contributed by atoms with Crippen molar-refractivity contribution in [3.63, 3.8) is 0 Å². The molecule has 0 bridgehead atoms. The Bertz CT molecular complexity index is 761. The summed E-state index contributed by atoms with van der Waals surface area (Å²) in [6.45, 7) is 16.6. The van der Waals surface area contributed by atoms with Gasteiger partial charge in [0, 0.05) is 25.9 Å². The van der Waals surface area contributed by atoms with Crippen LogP contribution in [0.2, 0.25) is 0 Å². The van der Waals surface area contributed by atoms with Gasteiger partial charge in [-0.05, 0) is 104 Å². The number of likely N-dealkylation sites (tertiary alicyclic amines) is 1. The highest BCUT2D eigenvalue weighted by Gasteiger charge is 2.25. The minimum absolute atomic E-state index is 0.0611. The topological polar surface area (TPSA) is 67.9 Å². The Balaban J connectivity index is 0.000000269. The highest BCUT2D eigenvalue weighted by atomic mass is 16.6. The normalized spacial score (nSPS) is 21.4. The van der Waals surface area contributed by atoms with Gasteiger partial charge in [-0.1, -0.05) is 30.3 Å². The van der Waals surface area contributed by atoms with E-state index in [-0.39, 0.29) is 23.1 Å². The molecule has 198 valence electrons. The average molecular weight is 489 g/mol. The summed E-state index contributed by atoms with van der Waals surface area (Å²) in [4.78, 5) is 25.9. The first-order chi connectivity index (χ1) is 16.4. The summed E-state index contributed by atoms with van der Waals surface area (Å²) in [5.41, 5.74) is 0.615. The zero-order valence-electron chi connectivity index (χ0n) is 22.9. The molecule has 2 fully saturated rings. The second-order valence-electron chi connectivity index (χ2n) is 12.0. The number of hydrogen-bond acceptors (Lipinski definition) is 6. The molecule has 0 unspecified atom stereocenters. The number of rotatable bonds is 6. The lowest BCUT2D eigenvalue weighted by Crippen LogP contribution is -2.36. The number of benzene rings is 1. The quantitative estimate of drug-likeness (QED) is 0.545. The molecule has 2 saturated heterocycles. The zero-order chi connectivity index (χ0) is 25.9. The lowest BCUT2D eigenvalue weighted by atomic mass is 9.94. The Hall–Kier alpha value is -1.92. The number of hydrogen-bond donors (Lipinski definition) is 1. The SMILES string of the molecule is CC(C)(C)OC(=O)C[C@@H]1CCCN(Cc2ccccc2)C1.CC(C)(C)OC(=O)C[C@@H]1CCCNC1. The molecule has 2 atom stereocenters. The van der Waals surface area contributed by atoms with Crippen LogP contribution in [0.4, 0.5) is 0 Å². The second-order valence-corrected chi connectivity index (χ2v) is 12.0. The van der Waals surface area contributed by atoms with E-state index in [4.69, 9.17) is 9.47 Å². The van der Waals surface area contributed by atoms with Crippen LogP contribution in [0, 0.1) is 11.8 Å². The van der Waals surface area contributed by atoms with E-state index in [9.17, 15) is 9.59 Å². The van der Waals surface area contributed by atoms with Crippen molar-refractivity contribution in [3.8, 4) is 0 Å². The van der Waals surface area contributed by atoms with Gasteiger partial charge in [0.2, 0.25) is 0 Å². The van der Waals surface area contributed by atoms with Gasteiger partial charge in [0.05, 0.1) is 0 Å². The average Bonchev–Trinajstić information content (AvgIpc) is 2.73. The van der Waals surface area contributed by atoms with E-state index in [1.165, 1.54) is 18.4 Å². The van der Waals surface area contributed by atoms with Crippen LogP contribution < -0.4 is 5.32 Å². The second kappa shape index (κ2) is 14.0. The Labute approximate surface area is 213 Å². The maximum atomic E-state index is 12.0. The van der Waals surface area contributed by atoms with Crippen LogP contribution in [-0.2, 0) is 25.6 Å². The number of nitrogens with zero attached hydrogens (tertiary/aromatic N) is 1. The molecule has 0 saturated carbocycles. The summed E-state index contributed by atoms with van der Waals surface area (Å²) in [6.07, 6.45) is 5.72. The molecule has 6 heteroatoms. The molecule has 35 heavy (non-hydrogen) atoms. The highest BCUT2D eigenvalue weighted by molar-refractivity contribution is 5.70. The number of nitrogens with one attached hydrogen (secondary N) is 1. The number of esters is 2. The van der Waals surface area contributed by atoms with Gasteiger partial charge in [-0.2, -0.15) is 0 Å². The Morgan fingerprint density at radius 1 is 0.886 bits per heavy atom. The molecule has 0 amide bonds. The summed E-state index contributed by atoms with van der Waals surface area (Å²) >= 11 is 0. The van der Waals surface area contributed by atoms with E-state index in [0.717, 1.165) is 45.6 Å². The molecule has 0 spiro atoms. The number of carbonyl (C=O) groups excluding carboxylic acids is 2. The van der Waals surface area contributed by atoms with E-state index in [1.807, 2.05) is 47.6 Å². The standard InChI is InChI=1S/C18H27NO2.C11H21NO2/c1-18(2,3)21-17(20)12-16-10-7-11-19(14-16)13-15-8-5-4-6-9-15;1-11(2,3)14-10(13)7-9-5-4-6-12-8-9/h4-6,8-9,16H,7,10-14H2,1-3H3;9,12H,4-8H2,1-3H3/t16-;9-/m00/s1. The van der Waals surface area contributed by atoms with Crippen LogP contribution in [0.3, 0.4) is 0 Å². The van der Waals surface area contributed by atoms with Crippen LogP contribution in [0.25, 0.3) is 0 Å². The molecule has 3 rings (SSSR count). The van der Waals surface area contributed by atoms with Crippen LogP contribution in [0.15, 0.2) is 30.3 Å². The number of carbonyl (C=O) groups is 2. The summed E-state index contributed by atoms with van der Waals surface area (Å²) in [6, 6.07) is 10.5. The third kappa shape index (κ3) is 13.7. The number of ether oxygens (including phenoxy) is 2. The molecule has 0 aromatic heterocycles. The maximum Gasteiger partial charge on any atom is 0.306 e. The van der Waals surface area contributed by atoms with E-state index in [0.29, 0.717) is 24.7 Å². The van der Waals surface area contributed by atoms with Crippen LogP contribution in [0.5, 0.6) is 0 Å². The van der Waals surface area contributed by atoms with Crippen molar-refractivity contribution in [2.24, 2.45) is 11.8 Å². The first kappa shape index (κ1) is 29.3. The van der Waals surface area contributed by atoms with Gasteiger partial charge >= 0.3 is 11.9 Å². The van der Waals surface area contributed by atoms with Crippen LogP contribution in [0.1, 0.15) is 85.6 Å². The van der Waals surface area contributed by atoms with Gasteiger partial charge in [-0.15, -0.1) is 0 Å². The monoisotopic (exact) mass is 488 g/mol. The van der Waals surface area contributed by atoms with E-state index < -0.39 is 0 Å². The third-order valence-corrected chi connectivity index (χ3v) is 6.00. The van der Waals surface area contributed by atoms with Gasteiger partial charge in [0.1, 0.15) is 11.2 Å². The van der Waals surface area contributed by atoms with Crippen molar-refractivity contribution in [3.05, 3.63) is 35.9 Å². The van der Waals surface area contributed by atoms with E-state index in [2.05, 4.69) is 34.5 Å². The van der Waals surface area contributed by atoms with Crippen LogP contribution in [-0.4, -0.2) is 54.2 Å². The predicted molar refractivity (Wildman–Crippen MR) is 141 cm³/mol. The van der Waals surface area contributed by atoms with Crippen molar-refractivity contribution in [1.82, 2.24) is 10.2 Å². The van der Waals surface area contributed by atoms with Gasteiger partial charge < -0.3 is 14.8 Å². The van der Waals surface area contributed by atoms with Crippen molar-refractivity contribution in [1.29, 1.82) is 0 Å². The third-order valence-electron chi connectivity index (χ3n) is 6.00. The first-order valence-electron chi connectivity index (χ1n) is 13.3. The molecule has 1 aromatic rings.